The summed E-state index contributed by atoms with van der Waals surface area (Å²) in [5.74, 6) is 0.00788. The molecule has 3 aromatic rings. The lowest BCUT2D eigenvalue weighted by Gasteiger charge is -2.05. The van der Waals surface area contributed by atoms with Gasteiger partial charge in [0.05, 0.1) is 16.3 Å². The number of nitrogens with one attached hydrogen (secondary N) is 2. The summed E-state index contributed by atoms with van der Waals surface area (Å²) in [5.41, 5.74) is 3.07. The highest BCUT2D eigenvalue weighted by Crippen LogP contribution is 2.28. The number of hydrogen-bond acceptors (Lipinski definition) is 7. The largest absolute Gasteiger partial charge is 0.332 e. The number of thiazole rings is 1. The summed E-state index contributed by atoms with van der Waals surface area (Å²) < 4.78 is 48.5. The van der Waals surface area contributed by atoms with Crippen molar-refractivity contribution in [3.8, 4) is 11.3 Å². The molecule has 0 saturated carbocycles. The number of anilines is 2. The van der Waals surface area contributed by atoms with Crippen LogP contribution in [0.4, 0.5) is 10.8 Å². The Labute approximate surface area is 168 Å². The number of hydrogen-bond donors (Lipinski definition) is 2. The van der Waals surface area contributed by atoms with Crippen LogP contribution in [0.2, 0.25) is 0 Å². The zero-order valence-corrected chi connectivity index (χ0v) is 17.7. The molecule has 148 valence electrons. The molecule has 0 radical (unpaired) electrons. The number of rotatable bonds is 7. The van der Waals surface area contributed by atoms with Gasteiger partial charge < -0.3 is 5.32 Å². The molecule has 2 aromatic carbocycles. The minimum Gasteiger partial charge on any atom is -0.332 e. The highest BCUT2D eigenvalue weighted by molar-refractivity contribution is 7.90. The molecule has 0 fully saturated rings. The van der Waals surface area contributed by atoms with Crippen LogP contribution in [0.25, 0.3) is 11.3 Å². The zero-order valence-electron chi connectivity index (χ0n) is 15.2. The number of sulfone groups is 1. The van der Waals surface area contributed by atoms with Gasteiger partial charge in [-0.1, -0.05) is 24.3 Å². The van der Waals surface area contributed by atoms with Crippen LogP contribution in [0.1, 0.15) is 5.56 Å². The Kier molecular flexibility index (Phi) is 5.84. The zero-order chi connectivity index (χ0) is 20.4. The quantitative estimate of drug-likeness (QED) is 0.589. The first-order chi connectivity index (χ1) is 13.2. The molecule has 7 nitrogen and oxygen atoms in total. The maximum absolute atomic E-state index is 11.8. The summed E-state index contributed by atoms with van der Waals surface area (Å²) in [4.78, 5) is 4.71. The summed E-state index contributed by atoms with van der Waals surface area (Å²) in [5, 5.41) is 5.74. The van der Waals surface area contributed by atoms with E-state index in [1.807, 2.05) is 5.38 Å². The summed E-state index contributed by atoms with van der Waals surface area (Å²) >= 11 is 1.42. The fraction of sp³-hybridized carbons (Fsp3) is 0.167. The molecular formula is C18H19N3O4S3. The number of benzene rings is 2. The third-order valence-corrected chi connectivity index (χ3v) is 6.91. The molecule has 28 heavy (non-hydrogen) atoms. The first kappa shape index (κ1) is 20.5. The van der Waals surface area contributed by atoms with Crippen molar-refractivity contribution in [3.05, 3.63) is 59.5 Å². The van der Waals surface area contributed by atoms with Gasteiger partial charge >= 0.3 is 0 Å². The monoisotopic (exact) mass is 437 g/mol. The van der Waals surface area contributed by atoms with E-state index in [0.29, 0.717) is 5.13 Å². The van der Waals surface area contributed by atoms with Crippen molar-refractivity contribution in [3.63, 3.8) is 0 Å². The standard InChI is InChI=1S/C18H19N3O4S3/c1-19-28(24,25)16-9-5-14(6-10-16)17-11-26-18(21-17)20-15-7-3-13(4-8-15)12-27(2,22)23/h3-11,19H,12H2,1-2H3,(H,20,21). The maximum atomic E-state index is 11.8. The van der Waals surface area contributed by atoms with Gasteiger partial charge in [-0.25, -0.2) is 26.5 Å². The first-order valence-electron chi connectivity index (χ1n) is 8.19. The molecule has 0 saturated heterocycles. The van der Waals surface area contributed by atoms with E-state index in [1.54, 1.807) is 36.4 Å². The van der Waals surface area contributed by atoms with E-state index in [2.05, 4.69) is 15.0 Å². The molecule has 0 amide bonds. The van der Waals surface area contributed by atoms with E-state index in [9.17, 15) is 16.8 Å². The number of sulfonamides is 1. The molecule has 3 rings (SSSR count). The molecule has 1 aromatic heterocycles. The van der Waals surface area contributed by atoms with Crippen LogP contribution >= 0.6 is 11.3 Å². The first-order valence-corrected chi connectivity index (χ1v) is 12.6. The minimum absolute atomic E-state index is 0.00788. The molecule has 0 unspecified atom stereocenters. The van der Waals surface area contributed by atoms with Gasteiger partial charge in [0.25, 0.3) is 0 Å². The SMILES string of the molecule is CNS(=O)(=O)c1ccc(-c2csc(Nc3ccc(CS(C)(=O)=O)cc3)n2)cc1. The van der Waals surface area contributed by atoms with Crippen molar-refractivity contribution in [1.82, 2.24) is 9.71 Å². The van der Waals surface area contributed by atoms with Gasteiger partial charge in [-0.05, 0) is 36.9 Å². The van der Waals surface area contributed by atoms with Crippen LogP contribution in [-0.2, 0) is 25.6 Å². The van der Waals surface area contributed by atoms with Crippen LogP contribution < -0.4 is 10.0 Å². The van der Waals surface area contributed by atoms with E-state index >= 15 is 0 Å². The molecule has 10 heteroatoms. The summed E-state index contributed by atoms with van der Waals surface area (Å²) in [6.07, 6.45) is 1.21. The van der Waals surface area contributed by atoms with Crippen molar-refractivity contribution in [2.24, 2.45) is 0 Å². The van der Waals surface area contributed by atoms with Gasteiger partial charge in [-0.2, -0.15) is 0 Å². The van der Waals surface area contributed by atoms with E-state index < -0.39 is 19.9 Å². The highest BCUT2D eigenvalue weighted by Gasteiger charge is 2.12. The second kappa shape index (κ2) is 8.00. The van der Waals surface area contributed by atoms with Crippen molar-refractivity contribution in [2.75, 3.05) is 18.6 Å². The normalized spacial score (nSPS) is 12.1. The van der Waals surface area contributed by atoms with Gasteiger partial charge in [-0.15, -0.1) is 11.3 Å². The fourth-order valence-corrected chi connectivity index (χ4v) is 4.76. The van der Waals surface area contributed by atoms with Crippen molar-refractivity contribution in [2.45, 2.75) is 10.6 Å². The second-order valence-electron chi connectivity index (χ2n) is 6.16. The smallest absolute Gasteiger partial charge is 0.240 e. The van der Waals surface area contributed by atoms with Crippen LogP contribution in [0, 0.1) is 0 Å². The van der Waals surface area contributed by atoms with Crippen LogP contribution in [0.5, 0.6) is 0 Å². The molecular weight excluding hydrogens is 418 g/mol. The molecule has 0 spiro atoms. The van der Waals surface area contributed by atoms with Crippen molar-refractivity contribution >= 4 is 42.0 Å². The van der Waals surface area contributed by atoms with Crippen LogP contribution in [-0.4, -0.2) is 35.1 Å². The van der Waals surface area contributed by atoms with Gasteiger partial charge in [-0.3, -0.25) is 0 Å². The molecule has 0 atom stereocenters. The van der Waals surface area contributed by atoms with Gasteiger partial charge in [0.1, 0.15) is 0 Å². The second-order valence-corrected chi connectivity index (χ2v) is 11.0. The van der Waals surface area contributed by atoms with Crippen molar-refractivity contribution in [1.29, 1.82) is 0 Å². The molecule has 2 N–H and O–H groups in total. The molecule has 1 heterocycles. The Morgan fingerprint density at radius 2 is 1.61 bits per heavy atom. The van der Waals surface area contributed by atoms with E-state index in [1.165, 1.54) is 36.8 Å². The molecule has 0 aliphatic heterocycles. The van der Waals surface area contributed by atoms with Gasteiger partial charge in [0.2, 0.25) is 10.0 Å². The summed E-state index contributed by atoms with van der Waals surface area (Å²) in [6, 6.07) is 13.6. The van der Waals surface area contributed by atoms with E-state index in [-0.39, 0.29) is 10.6 Å². The van der Waals surface area contributed by atoms with Crippen molar-refractivity contribution < 1.29 is 16.8 Å². The third-order valence-electron chi connectivity index (χ3n) is 3.87. The lowest BCUT2D eigenvalue weighted by molar-refractivity contribution is 0.588. The lowest BCUT2D eigenvalue weighted by Crippen LogP contribution is -2.18. The molecule has 0 aliphatic carbocycles. The number of aromatic nitrogens is 1. The topological polar surface area (TPSA) is 105 Å². The Balaban J connectivity index is 1.72. The van der Waals surface area contributed by atoms with Crippen LogP contribution in [0.15, 0.2) is 58.8 Å². The highest BCUT2D eigenvalue weighted by atomic mass is 32.2. The molecule has 0 aliphatic rings. The van der Waals surface area contributed by atoms with Gasteiger partial charge in [0.15, 0.2) is 15.0 Å². The van der Waals surface area contributed by atoms with Crippen LogP contribution in [0.3, 0.4) is 0 Å². The predicted molar refractivity (Wildman–Crippen MR) is 112 cm³/mol. The van der Waals surface area contributed by atoms with Gasteiger partial charge in [0, 0.05) is 22.9 Å². The van der Waals surface area contributed by atoms with E-state index in [4.69, 9.17) is 0 Å². The predicted octanol–water partition coefficient (Wildman–Crippen LogP) is 3.01. The Morgan fingerprint density at radius 1 is 0.964 bits per heavy atom. The third kappa shape index (κ3) is 5.16. The van der Waals surface area contributed by atoms with E-state index in [0.717, 1.165) is 22.5 Å². The Hall–Kier alpha value is -2.27. The lowest BCUT2D eigenvalue weighted by atomic mass is 10.2. The summed E-state index contributed by atoms with van der Waals surface area (Å²) in [6.45, 7) is 0. The average Bonchev–Trinajstić information content (AvgIpc) is 3.11. The Morgan fingerprint density at radius 3 is 2.18 bits per heavy atom. The Bertz CT molecular complexity index is 1170. The average molecular weight is 438 g/mol. The fourth-order valence-electron chi connectivity index (χ4n) is 2.50. The minimum atomic E-state index is -3.47. The number of nitrogens with zero attached hydrogens (tertiary/aromatic N) is 1. The maximum Gasteiger partial charge on any atom is 0.240 e. The molecule has 0 bridgehead atoms. The summed E-state index contributed by atoms with van der Waals surface area (Å²) in [7, 11) is -5.16.